The first-order chi connectivity index (χ1) is 13.9. The summed E-state index contributed by atoms with van der Waals surface area (Å²) >= 11 is 3.50. The monoisotopic (exact) mass is 465 g/mol. The van der Waals surface area contributed by atoms with Gasteiger partial charge in [-0.15, -0.1) is 0 Å². The minimum absolute atomic E-state index is 0.0354. The van der Waals surface area contributed by atoms with Crippen molar-refractivity contribution in [2.75, 3.05) is 20.3 Å². The molecule has 8 heteroatoms. The van der Waals surface area contributed by atoms with Gasteiger partial charge in [-0.3, -0.25) is 4.79 Å². The van der Waals surface area contributed by atoms with Gasteiger partial charge in [0.15, 0.2) is 17.3 Å². The van der Waals surface area contributed by atoms with Crippen molar-refractivity contribution in [3.05, 3.63) is 45.0 Å². The third kappa shape index (κ3) is 3.99. The van der Waals surface area contributed by atoms with Crippen LogP contribution in [-0.4, -0.2) is 32.1 Å². The number of methoxy groups -OCH3 is 1. The molecule has 7 nitrogen and oxygen atoms in total. The molecule has 156 valence electrons. The van der Waals surface area contributed by atoms with Gasteiger partial charge < -0.3 is 24.7 Å². The van der Waals surface area contributed by atoms with Crippen LogP contribution in [0.3, 0.4) is 0 Å². The highest BCUT2D eigenvalue weighted by Gasteiger charge is 2.41. The van der Waals surface area contributed by atoms with Crippen molar-refractivity contribution in [1.82, 2.24) is 0 Å². The molecule has 0 saturated heterocycles. The number of carbonyl (C=O) groups is 2. The van der Waals surface area contributed by atoms with Crippen LogP contribution < -0.4 is 15.2 Å². The fourth-order valence-corrected chi connectivity index (χ4v) is 4.33. The Morgan fingerprint density at radius 3 is 2.69 bits per heavy atom. The minimum Gasteiger partial charge on any atom is -0.492 e. The summed E-state index contributed by atoms with van der Waals surface area (Å²) in [6.07, 6.45) is 1.66. The average molecular weight is 466 g/mol. The molecule has 29 heavy (non-hydrogen) atoms. The number of esters is 1. The largest absolute Gasteiger partial charge is 0.492 e. The standard InChI is InChI=1S/C21H24BrNO6/c1-4-27-15-10-11(9-12(22)19(15)26-3)16-17-13(24)7-6-8-14(17)29-20(23)18(16)21(25)28-5-2/h9-10,16H,4-8,23H2,1-3H3. The quantitative estimate of drug-likeness (QED) is 0.639. The number of ether oxygens (including phenoxy) is 4. The number of carbonyl (C=O) groups excluding carboxylic acids is 2. The van der Waals surface area contributed by atoms with Crippen LogP contribution in [0, 0.1) is 0 Å². The molecule has 0 spiro atoms. The number of hydrogen-bond acceptors (Lipinski definition) is 7. The normalized spacial score (nSPS) is 18.9. The molecular formula is C21H24BrNO6. The Bertz CT molecular complexity index is 905. The molecule has 0 bridgehead atoms. The van der Waals surface area contributed by atoms with Crippen molar-refractivity contribution < 1.29 is 28.5 Å². The van der Waals surface area contributed by atoms with Crippen molar-refractivity contribution in [3.8, 4) is 11.5 Å². The van der Waals surface area contributed by atoms with E-state index in [1.165, 1.54) is 0 Å². The Hall–Kier alpha value is -2.48. The molecule has 1 aromatic rings. The van der Waals surface area contributed by atoms with Crippen LogP contribution >= 0.6 is 15.9 Å². The first-order valence-corrected chi connectivity index (χ1v) is 10.3. The second-order valence-electron chi connectivity index (χ2n) is 6.61. The summed E-state index contributed by atoms with van der Waals surface area (Å²) in [4.78, 5) is 25.6. The van der Waals surface area contributed by atoms with E-state index in [0.29, 0.717) is 58.7 Å². The molecule has 1 heterocycles. The van der Waals surface area contributed by atoms with E-state index >= 15 is 0 Å². The summed E-state index contributed by atoms with van der Waals surface area (Å²) in [6, 6.07) is 3.57. The first-order valence-electron chi connectivity index (χ1n) is 9.53. The highest BCUT2D eigenvalue weighted by atomic mass is 79.9. The fourth-order valence-electron chi connectivity index (χ4n) is 3.71. The zero-order valence-corrected chi connectivity index (χ0v) is 18.3. The number of hydrogen-bond donors (Lipinski definition) is 1. The Morgan fingerprint density at radius 2 is 2.03 bits per heavy atom. The van der Waals surface area contributed by atoms with Crippen molar-refractivity contribution in [2.24, 2.45) is 5.73 Å². The van der Waals surface area contributed by atoms with Gasteiger partial charge in [0.1, 0.15) is 11.3 Å². The Labute approximate surface area is 177 Å². The van der Waals surface area contributed by atoms with Crippen LogP contribution in [-0.2, 0) is 19.1 Å². The predicted octanol–water partition coefficient (Wildman–Crippen LogP) is 3.71. The number of halogens is 1. The summed E-state index contributed by atoms with van der Waals surface area (Å²) < 4.78 is 22.7. The van der Waals surface area contributed by atoms with Gasteiger partial charge in [-0.25, -0.2) is 4.79 Å². The van der Waals surface area contributed by atoms with E-state index in [4.69, 9.17) is 24.7 Å². The molecule has 1 atom stereocenters. The van der Waals surface area contributed by atoms with Crippen molar-refractivity contribution in [3.63, 3.8) is 0 Å². The van der Waals surface area contributed by atoms with E-state index in [1.807, 2.05) is 6.92 Å². The van der Waals surface area contributed by atoms with Gasteiger partial charge in [0, 0.05) is 18.4 Å². The van der Waals surface area contributed by atoms with E-state index in [9.17, 15) is 9.59 Å². The molecule has 0 amide bonds. The van der Waals surface area contributed by atoms with E-state index in [2.05, 4.69) is 15.9 Å². The molecule has 2 aliphatic rings. The van der Waals surface area contributed by atoms with Gasteiger partial charge in [0.05, 0.1) is 30.7 Å². The van der Waals surface area contributed by atoms with Crippen molar-refractivity contribution >= 4 is 27.7 Å². The Kier molecular flexibility index (Phi) is 6.52. The number of ketones is 1. The molecule has 2 N–H and O–H groups in total. The molecule has 1 aromatic carbocycles. The molecule has 1 aliphatic heterocycles. The number of allylic oxidation sites excluding steroid dienone is 2. The number of Topliss-reactive ketones (excluding diaryl/α,β-unsaturated/α-hetero) is 1. The van der Waals surface area contributed by atoms with Crippen molar-refractivity contribution in [1.29, 1.82) is 0 Å². The van der Waals surface area contributed by atoms with E-state index in [1.54, 1.807) is 26.2 Å². The molecule has 3 rings (SSSR count). The molecule has 0 saturated carbocycles. The lowest BCUT2D eigenvalue weighted by Crippen LogP contribution is -2.31. The topological polar surface area (TPSA) is 97.1 Å². The average Bonchev–Trinajstić information content (AvgIpc) is 2.67. The first kappa shape index (κ1) is 21.2. The third-order valence-electron chi connectivity index (χ3n) is 4.85. The molecule has 1 aliphatic carbocycles. The van der Waals surface area contributed by atoms with Crippen LogP contribution in [0.4, 0.5) is 0 Å². The number of nitrogens with two attached hydrogens (primary N) is 1. The maximum atomic E-state index is 12.8. The van der Waals surface area contributed by atoms with Gasteiger partial charge in [-0.1, -0.05) is 0 Å². The fraction of sp³-hybridized carbons (Fsp3) is 0.429. The lowest BCUT2D eigenvalue weighted by Gasteiger charge is -2.32. The Balaban J connectivity index is 2.22. The smallest absolute Gasteiger partial charge is 0.340 e. The van der Waals surface area contributed by atoms with Gasteiger partial charge >= 0.3 is 5.97 Å². The van der Waals surface area contributed by atoms with Crippen LogP contribution in [0.25, 0.3) is 0 Å². The van der Waals surface area contributed by atoms with E-state index in [-0.39, 0.29) is 23.8 Å². The zero-order valence-electron chi connectivity index (χ0n) is 16.7. The van der Waals surface area contributed by atoms with Gasteiger partial charge in [0.25, 0.3) is 0 Å². The zero-order chi connectivity index (χ0) is 21.1. The number of rotatable bonds is 6. The lowest BCUT2D eigenvalue weighted by molar-refractivity contribution is -0.139. The molecule has 0 aromatic heterocycles. The van der Waals surface area contributed by atoms with Crippen LogP contribution in [0.2, 0.25) is 0 Å². The third-order valence-corrected chi connectivity index (χ3v) is 5.44. The highest BCUT2D eigenvalue weighted by Crippen LogP contribution is 2.47. The van der Waals surface area contributed by atoms with E-state index in [0.717, 1.165) is 0 Å². The van der Waals surface area contributed by atoms with E-state index < -0.39 is 11.9 Å². The minimum atomic E-state index is -0.702. The summed E-state index contributed by atoms with van der Waals surface area (Å²) in [5.74, 6) is 0.139. The SMILES string of the molecule is CCOC(=O)C1=C(N)OC2=C(C(=O)CCC2)C1c1cc(Br)c(OC)c(OCC)c1. The summed E-state index contributed by atoms with van der Waals surface area (Å²) in [7, 11) is 1.55. The summed E-state index contributed by atoms with van der Waals surface area (Å²) in [5, 5.41) is 0. The van der Waals surface area contributed by atoms with Gasteiger partial charge in [0.2, 0.25) is 5.88 Å². The lowest BCUT2D eigenvalue weighted by atomic mass is 9.77. The van der Waals surface area contributed by atoms with Crippen LogP contribution in [0.1, 0.15) is 44.6 Å². The van der Waals surface area contributed by atoms with Crippen molar-refractivity contribution in [2.45, 2.75) is 39.0 Å². The van der Waals surface area contributed by atoms with Gasteiger partial charge in [-0.2, -0.15) is 0 Å². The molecular weight excluding hydrogens is 442 g/mol. The second kappa shape index (κ2) is 8.90. The predicted molar refractivity (Wildman–Crippen MR) is 109 cm³/mol. The summed E-state index contributed by atoms with van der Waals surface area (Å²) in [6.45, 7) is 4.18. The maximum Gasteiger partial charge on any atom is 0.340 e. The molecule has 0 fully saturated rings. The molecule has 0 radical (unpaired) electrons. The molecule has 1 unspecified atom stereocenters. The highest BCUT2D eigenvalue weighted by molar-refractivity contribution is 9.10. The second-order valence-corrected chi connectivity index (χ2v) is 7.47. The van der Waals surface area contributed by atoms with Gasteiger partial charge in [-0.05, 0) is 53.9 Å². The summed E-state index contributed by atoms with van der Waals surface area (Å²) in [5.41, 5.74) is 7.37. The Morgan fingerprint density at radius 1 is 1.28 bits per heavy atom. The maximum absolute atomic E-state index is 12.8. The number of benzene rings is 1. The van der Waals surface area contributed by atoms with Crippen LogP contribution in [0.15, 0.2) is 39.4 Å². The van der Waals surface area contributed by atoms with Crippen LogP contribution in [0.5, 0.6) is 11.5 Å².